The van der Waals surface area contributed by atoms with Crippen molar-refractivity contribution in [2.75, 3.05) is 0 Å². The van der Waals surface area contributed by atoms with Gasteiger partial charge in [0.1, 0.15) is 0 Å². The molecule has 0 unspecified atom stereocenters. The van der Waals surface area contributed by atoms with Gasteiger partial charge in [0, 0.05) is 10.8 Å². The Morgan fingerprint density at radius 2 is 0.667 bits per heavy atom. The van der Waals surface area contributed by atoms with Crippen LogP contribution in [-0.2, 0) is 9.59 Å². The molecular formula is C22H30O2. The van der Waals surface area contributed by atoms with E-state index in [4.69, 9.17) is 0 Å². The lowest BCUT2D eigenvalue weighted by atomic mass is 9.44. The fraction of sp³-hybridized carbons (Fsp3) is 0.909. The highest BCUT2D eigenvalue weighted by Crippen LogP contribution is 2.64. The maximum atomic E-state index is 13.6. The lowest BCUT2D eigenvalue weighted by Crippen LogP contribution is -2.57. The first-order valence-electron chi connectivity index (χ1n) is 10.6. The predicted octanol–water partition coefficient (Wildman–Crippen LogP) is 4.56. The second-order valence-corrected chi connectivity index (χ2v) is 11.1. The van der Waals surface area contributed by atoms with E-state index in [1.165, 1.54) is 38.5 Å². The van der Waals surface area contributed by atoms with E-state index in [1.807, 2.05) is 0 Å². The number of Topliss-reactive ketones (excluding diaryl/α,β-unsaturated/α-hetero) is 2. The molecule has 0 aromatic heterocycles. The molecule has 0 radical (unpaired) electrons. The van der Waals surface area contributed by atoms with Gasteiger partial charge in [0.25, 0.3) is 0 Å². The Bertz CT molecular complexity index is 491. The first-order chi connectivity index (χ1) is 11.5. The monoisotopic (exact) mass is 326 g/mol. The van der Waals surface area contributed by atoms with Gasteiger partial charge in [-0.25, -0.2) is 0 Å². The normalized spacial score (nSPS) is 56.7. The summed E-state index contributed by atoms with van der Waals surface area (Å²) < 4.78 is 0. The zero-order valence-electron chi connectivity index (χ0n) is 14.8. The van der Waals surface area contributed by atoms with Crippen molar-refractivity contribution in [3.63, 3.8) is 0 Å². The van der Waals surface area contributed by atoms with E-state index >= 15 is 0 Å². The zero-order chi connectivity index (χ0) is 16.1. The standard InChI is InChI=1S/C22H30O2/c23-19(21-7-13-1-14(8-21)3-15(2-13)9-21)20(24)22-10-16-4-17(11-22)6-18(5-16)12-22/h13-18H,1-12H2. The van der Waals surface area contributed by atoms with Gasteiger partial charge >= 0.3 is 0 Å². The molecule has 8 fully saturated rings. The van der Waals surface area contributed by atoms with Crippen molar-refractivity contribution in [3.8, 4) is 0 Å². The number of hydrogen-bond donors (Lipinski definition) is 0. The minimum absolute atomic E-state index is 0.114. The molecule has 0 aromatic rings. The number of carbonyl (C=O) groups is 2. The minimum Gasteiger partial charge on any atom is -0.290 e. The molecule has 8 rings (SSSR count). The smallest absolute Gasteiger partial charge is 0.205 e. The summed E-state index contributed by atoms with van der Waals surface area (Å²) in [6.07, 6.45) is 14.4. The SMILES string of the molecule is O=C(C(=O)C12CC3CC(CC(C3)C1)C2)C12CC3CC(CC(C3)C1)C2. The van der Waals surface area contributed by atoms with E-state index < -0.39 is 0 Å². The maximum Gasteiger partial charge on any atom is 0.205 e. The van der Waals surface area contributed by atoms with Crippen molar-refractivity contribution in [1.82, 2.24) is 0 Å². The first kappa shape index (κ1) is 14.5. The lowest BCUT2D eigenvalue weighted by molar-refractivity contribution is -0.164. The van der Waals surface area contributed by atoms with Crippen molar-refractivity contribution in [3.05, 3.63) is 0 Å². The Labute approximate surface area is 145 Å². The Kier molecular flexibility index (Phi) is 2.74. The van der Waals surface area contributed by atoms with E-state index in [1.54, 1.807) is 0 Å². The van der Waals surface area contributed by atoms with E-state index in [2.05, 4.69) is 0 Å². The van der Waals surface area contributed by atoms with Crippen molar-refractivity contribution >= 4 is 11.6 Å². The number of ketones is 2. The molecule has 0 amide bonds. The molecule has 0 heterocycles. The van der Waals surface area contributed by atoms with Crippen molar-refractivity contribution < 1.29 is 9.59 Å². The molecule has 8 saturated carbocycles. The van der Waals surface area contributed by atoms with Gasteiger partial charge in [-0.2, -0.15) is 0 Å². The van der Waals surface area contributed by atoms with Gasteiger partial charge in [-0.3, -0.25) is 9.59 Å². The molecule has 0 aliphatic heterocycles. The number of rotatable bonds is 3. The topological polar surface area (TPSA) is 34.1 Å². The van der Waals surface area contributed by atoms with E-state index in [0.29, 0.717) is 0 Å². The van der Waals surface area contributed by atoms with Crippen molar-refractivity contribution in [2.24, 2.45) is 46.3 Å². The van der Waals surface area contributed by atoms with Crippen LogP contribution in [0.5, 0.6) is 0 Å². The van der Waals surface area contributed by atoms with Gasteiger partial charge in [0.15, 0.2) is 0 Å². The third-order valence-corrected chi connectivity index (χ3v) is 9.25. The van der Waals surface area contributed by atoms with Crippen LogP contribution in [0, 0.1) is 46.3 Å². The Hall–Kier alpha value is -0.660. The van der Waals surface area contributed by atoms with Gasteiger partial charge in [0.2, 0.25) is 11.6 Å². The van der Waals surface area contributed by atoms with Gasteiger partial charge < -0.3 is 0 Å². The van der Waals surface area contributed by atoms with Crippen LogP contribution in [0.1, 0.15) is 77.0 Å². The van der Waals surface area contributed by atoms with Crippen molar-refractivity contribution in [2.45, 2.75) is 77.0 Å². The molecule has 8 aliphatic carbocycles. The molecule has 0 spiro atoms. The van der Waals surface area contributed by atoms with Crippen LogP contribution in [0.4, 0.5) is 0 Å². The van der Waals surface area contributed by atoms with E-state index in [9.17, 15) is 9.59 Å². The van der Waals surface area contributed by atoms with E-state index in [-0.39, 0.29) is 22.4 Å². The molecule has 0 aromatic carbocycles. The average molecular weight is 326 g/mol. The van der Waals surface area contributed by atoms with Gasteiger partial charge in [-0.05, 0) is 113 Å². The molecule has 24 heavy (non-hydrogen) atoms. The fourth-order valence-corrected chi connectivity index (χ4v) is 9.26. The van der Waals surface area contributed by atoms with E-state index in [0.717, 1.165) is 74.0 Å². The molecule has 2 nitrogen and oxygen atoms in total. The van der Waals surface area contributed by atoms with Gasteiger partial charge in [-0.15, -0.1) is 0 Å². The maximum absolute atomic E-state index is 13.6. The van der Waals surface area contributed by atoms with Crippen LogP contribution < -0.4 is 0 Å². The highest BCUT2D eigenvalue weighted by molar-refractivity contribution is 6.41. The number of hydrogen-bond acceptors (Lipinski definition) is 2. The van der Waals surface area contributed by atoms with Crippen LogP contribution in [0.25, 0.3) is 0 Å². The largest absolute Gasteiger partial charge is 0.290 e. The summed E-state index contributed by atoms with van der Waals surface area (Å²) in [5.74, 6) is 4.75. The summed E-state index contributed by atoms with van der Waals surface area (Å²) in [6, 6.07) is 0. The highest BCUT2D eigenvalue weighted by Gasteiger charge is 2.61. The summed E-state index contributed by atoms with van der Waals surface area (Å²) in [4.78, 5) is 27.1. The molecule has 0 atom stereocenters. The minimum atomic E-state index is -0.213. The first-order valence-corrected chi connectivity index (χ1v) is 10.6. The summed E-state index contributed by atoms with van der Waals surface area (Å²) in [7, 11) is 0. The van der Waals surface area contributed by atoms with Crippen molar-refractivity contribution in [1.29, 1.82) is 0 Å². The Morgan fingerprint density at radius 1 is 0.458 bits per heavy atom. The quantitative estimate of drug-likeness (QED) is 0.713. The van der Waals surface area contributed by atoms with Gasteiger partial charge in [0.05, 0.1) is 0 Å². The average Bonchev–Trinajstić information content (AvgIpc) is 2.51. The summed E-state index contributed by atoms with van der Waals surface area (Å²) in [6.45, 7) is 0. The molecule has 2 heteroatoms. The summed E-state index contributed by atoms with van der Waals surface area (Å²) in [5.41, 5.74) is -0.426. The summed E-state index contributed by atoms with van der Waals surface area (Å²) in [5, 5.41) is 0. The second kappa shape index (κ2) is 4.54. The Balaban J connectivity index is 1.32. The molecular weight excluding hydrogens is 296 g/mol. The van der Waals surface area contributed by atoms with Crippen LogP contribution in [0.2, 0.25) is 0 Å². The summed E-state index contributed by atoms with van der Waals surface area (Å²) >= 11 is 0. The second-order valence-electron chi connectivity index (χ2n) is 11.1. The Morgan fingerprint density at radius 3 is 0.875 bits per heavy atom. The molecule has 8 aliphatic rings. The molecule has 8 bridgehead atoms. The van der Waals surface area contributed by atoms with Crippen LogP contribution in [0.3, 0.4) is 0 Å². The third-order valence-electron chi connectivity index (χ3n) is 9.25. The third kappa shape index (κ3) is 1.84. The van der Waals surface area contributed by atoms with Crippen LogP contribution >= 0.6 is 0 Å². The van der Waals surface area contributed by atoms with Gasteiger partial charge in [-0.1, -0.05) is 0 Å². The highest BCUT2D eigenvalue weighted by atomic mass is 16.2. The predicted molar refractivity (Wildman–Crippen MR) is 91.2 cm³/mol. The number of carbonyl (C=O) groups excluding carboxylic acids is 2. The van der Waals surface area contributed by atoms with Crippen LogP contribution in [-0.4, -0.2) is 11.6 Å². The molecule has 0 saturated heterocycles. The molecule has 130 valence electrons. The van der Waals surface area contributed by atoms with Crippen LogP contribution in [0.15, 0.2) is 0 Å². The lowest BCUT2D eigenvalue weighted by Gasteiger charge is -2.58. The zero-order valence-corrected chi connectivity index (χ0v) is 14.8. The molecule has 0 N–H and O–H groups in total. The fourth-order valence-electron chi connectivity index (χ4n) is 9.26.